The molecule has 1 heterocycles. The molecule has 0 radical (unpaired) electrons. The molecule has 1 fully saturated rings. The summed E-state index contributed by atoms with van der Waals surface area (Å²) in [5, 5.41) is 9.34. The molecule has 1 N–H and O–H groups in total. The van der Waals surface area contributed by atoms with E-state index in [-0.39, 0.29) is 11.8 Å². The molecule has 1 unspecified atom stereocenters. The van der Waals surface area contributed by atoms with Gasteiger partial charge in [-0.2, -0.15) is 0 Å². The van der Waals surface area contributed by atoms with E-state index in [2.05, 4.69) is 4.90 Å². The van der Waals surface area contributed by atoms with Crippen molar-refractivity contribution in [2.24, 2.45) is 5.92 Å². The first-order valence-electron chi connectivity index (χ1n) is 8.81. The molecule has 0 aliphatic carbocycles. The number of hydrogen-bond acceptors (Lipinski definition) is 3. The summed E-state index contributed by atoms with van der Waals surface area (Å²) in [5.41, 5.74) is 3.10. The second-order valence-electron chi connectivity index (χ2n) is 7.00. The molecular weight excluding hydrogens is 328 g/mol. The molecule has 0 bridgehead atoms. The maximum Gasteiger partial charge on any atom is 0.336 e. The van der Waals surface area contributed by atoms with E-state index < -0.39 is 5.97 Å². The first kappa shape index (κ1) is 18.1. The Hall–Kier alpha value is -2.66. The fourth-order valence-electron chi connectivity index (χ4n) is 3.51. The third kappa shape index (κ3) is 3.94. The second-order valence-corrected chi connectivity index (χ2v) is 7.00. The van der Waals surface area contributed by atoms with E-state index >= 15 is 0 Å². The fourth-order valence-corrected chi connectivity index (χ4v) is 3.51. The zero-order valence-corrected chi connectivity index (χ0v) is 15.2. The first-order valence-corrected chi connectivity index (χ1v) is 8.81. The molecule has 0 spiro atoms. The predicted molar refractivity (Wildman–Crippen MR) is 101 cm³/mol. The van der Waals surface area contributed by atoms with Crippen LogP contribution in [-0.4, -0.2) is 54.0 Å². The number of aromatic carboxylic acids is 1. The standard InChI is InChI=1S/C21H24N2O3/c1-22(2)20(24)17-11-12-23(14-17)13-15-7-9-16(10-8-15)18-5-3-4-6-19(18)21(25)26/h3-10,17H,11-14H2,1-2H3,(H,25,26). The lowest BCUT2D eigenvalue weighted by molar-refractivity contribution is -0.132. The van der Waals surface area contributed by atoms with Crippen molar-refractivity contribution in [2.75, 3.05) is 27.2 Å². The van der Waals surface area contributed by atoms with Gasteiger partial charge in [-0.25, -0.2) is 4.79 Å². The van der Waals surface area contributed by atoms with E-state index in [9.17, 15) is 14.7 Å². The van der Waals surface area contributed by atoms with Crippen molar-refractivity contribution in [3.05, 3.63) is 59.7 Å². The van der Waals surface area contributed by atoms with Crippen molar-refractivity contribution in [2.45, 2.75) is 13.0 Å². The molecule has 26 heavy (non-hydrogen) atoms. The number of carbonyl (C=O) groups excluding carboxylic acids is 1. The van der Waals surface area contributed by atoms with Crippen molar-refractivity contribution in [1.82, 2.24) is 9.80 Å². The Balaban J connectivity index is 1.68. The van der Waals surface area contributed by atoms with Crippen molar-refractivity contribution in [1.29, 1.82) is 0 Å². The van der Waals surface area contributed by atoms with Crippen molar-refractivity contribution in [3.63, 3.8) is 0 Å². The minimum atomic E-state index is -0.918. The molecular formula is C21H24N2O3. The summed E-state index contributed by atoms with van der Waals surface area (Å²) in [5.74, 6) is -0.627. The zero-order valence-electron chi connectivity index (χ0n) is 15.2. The third-order valence-electron chi connectivity index (χ3n) is 4.89. The highest BCUT2D eigenvalue weighted by Gasteiger charge is 2.29. The predicted octanol–water partition coefficient (Wildman–Crippen LogP) is 2.96. The van der Waals surface area contributed by atoms with Crippen molar-refractivity contribution < 1.29 is 14.7 Å². The van der Waals surface area contributed by atoms with Crippen molar-refractivity contribution >= 4 is 11.9 Å². The summed E-state index contributed by atoms with van der Waals surface area (Å²) in [4.78, 5) is 27.4. The van der Waals surface area contributed by atoms with Crippen LogP contribution in [0.15, 0.2) is 48.5 Å². The van der Waals surface area contributed by atoms with E-state index in [1.165, 1.54) is 5.56 Å². The number of likely N-dealkylation sites (tertiary alicyclic amines) is 1. The zero-order chi connectivity index (χ0) is 18.7. The third-order valence-corrected chi connectivity index (χ3v) is 4.89. The summed E-state index contributed by atoms with van der Waals surface area (Å²) >= 11 is 0. The van der Waals surface area contributed by atoms with E-state index in [1.54, 1.807) is 31.1 Å². The Morgan fingerprint density at radius 1 is 1.12 bits per heavy atom. The van der Waals surface area contributed by atoms with Gasteiger partial charge in [-0.1, -0.05) is 42.5 Å². The van der Waals surface area contributed by atoms with Gasteiger partial charge in [0.1, 0.15) is 0 Å². The maximum atomic E-state index is 12.1. The Kier molecular flexibility index (Phi) is 5.38. The van der Waals surface area contributed by atoms with Gasteiger partial charge in [0.05, 0.1) is 11.5 Å². The van der Waals surface area contributed by atoms with Crippen LogP contribution >= 0.6 is 0 Å². The summed E-state index contributed by atoms with van der Waals surface area (Å²) in [6.45, 7) is 2.52. The monoisotopic (exact) mass is 352 g/mol. The summed E-state index contributed by atoms with van der Waals surface area (Å²) in [6, 6.07) is 15.0. The van der Waals surface area contributed by atoms with Gasteiger partial charge in [0.2, 0.25) is 5.91 Å². The molecule has 5 heteroatoms. The van der Waals surface area contributed by atoms with Crippen LogP contribution in [0.3, 0.4) is 0 Å². The number of nitrogens with zero attached hydrogens (tertiary/aromatic N) is 2. The molecule has 0 saturated carbocycles. The fraction of sp³-hybridized carbons (Fsp3) is 0.333. The van der Waals surface area contributed by atoms with E-state index in [0.717, 1.165) is 37.2 Å². The molecule has 1 aliphatic heterocycles. The maximum absolute atomic E-state index is 12.1. The van der Waals surface area contributed by atoms with Crippen LogP contribution < -0.4 is 0 Å². The number of carboxylic acids is 1. The van der Waals surface area contributed by atoms with Crippen LogP contribution in [0.25, 0.3) is 11.1 Å². The second kappa shape index (κ2) is 7.70. The number of carboxylic acid groups (broad SMARTS) is 1. The van der Waals surface area contributed by atoms with Crippen LogP contribution in [0.1, 0.15) is 22.3 Å². The Labute approximate surface area is 153 Å². The van der Waals surface area contributed by atoms with Crippen LogP contribution in [-0.2, 0) is 11.3 Å². The largest absolute Gasteiger partial charge is 0.478 e. The van der Waals surface area contributed by atoms with Gasteiger partial charge in [-0.05, 0) is 35.7 Å². The lowest BCUT2D eigenvalue weighted by Gasteiger charge is -2.18. The Morgan fingerprint density at radius 2 is 1.81 bits per heavy atom. The van der Waals surface area contributed by atoms with Crippen LogP contribution in [0.2, 0.25) is 0 Å². The minimum absolute atomic E-state index is 0.0896. The first-order chi connectivity index (χ1) is 12.5. The number of rotatable bonds is 5. The SMILES string of the molecule is CN(C)C(=O)C1CCN(Cc2ccc(-c3ccccc3C(=O)O)cc2)C1. The average Bonchev–Trinajstić information content (AvgIpc) is 3.10. The van der Waals surface area contributed by atoms with Crippen LogP contribution in [0, 0.1) is 5.92 Å². The quantitative estimate of drug-likeness (QED) is 0.899. The number of hydrogen-bond donors (Lipinski definition) is 1. The van der Waals surface area contributed by atoms with Gasteiger partial charge in [-0.15, -0.1) is 0 Å². The lowest BCUT2D eigenvalue weighted by Crippen LogP contribution is -2.31. The highest BCUT2D eigenvalue weighted by atomic mass is 16.4. The van der Waals surface area contributed by atoms with E-state index in [4.69, 9.17) is 0 Å². The Bertz CT molecular complexity index is 799. The van der Waals surface area contributed by atoms with Gasteiger partial charge < -0.3 is 10.0 Å². The van der Waals surface area contributed by atoms with Gasteiger partial charge in [0.25, 0.3) is 0 Å². The van der Waals surface area contributed by atoms with Crippen molar-refractivity contribution in [3.8, 4) is 11.1 Å². The van der Waals surface area contributed by atoms with E-state index in [0.29, 0.717) is 5.56 Å². The van der Waals surface area contributed by atoms with Gasteiger partial charge >= 0.3 is 5.97 Å². The molecule has 136 valence electrons. The highest BCUT2D eigenvalue weighted by molar-refractivity contribution is 5.95. The lowest BCUT2D eigenvalue weighted by atomic mass is 9.98. The van der Waals surface area contributed by atoms with Gasteiger partial charge in [0, 0.05) is 27.2 Å². The van der Waals surface area contributed by atoms with Gasteiger partial charge in [0.15, 0.2) is 0 Å². The number of carbonyl (C=O) groups is 2. The topological polar surface area (TPSA) is 60.9 Å². The smallest absolute Gasteiger partial charge is 0.336 e. The molecule has 1 aliphatic rings. The minimum Gasteiger partial charge on any atom is -0.478 e. The molecule has 5 nitrogen and oxygen atoms in total. The molecule has 2 aromatic carbocycles. The molecule has 2 aromatic rings. The molecule has 1 saturated heterocycles. The highest BCUT2D eigenvalue weighted by Crippen LogP contribution is 2.25. The molecule has 0 aromatic heterocycles. The van der Waals surface area contributed by atoms with Crippen LogP contribution in [0.5, 0.6) is 0 Å². The van der Waals surface area contributed by atoms with Crippen LogP contribution in [0.4, 0.5) is 0 Å². The average molecular weight is 352 g/mol. The summed E-state index contributed by atoms with van der Waals surface area (Å²) in [7, 11) is 3.61. The van der Waals surface area contributed by atoms with Gasteiger partial charge in [-0.3, -0.25) is 9.69 Å². The van der Waals surface area contributed by atoms with E-state index in [1.807, 2.05) is 36.4 Å². The summed E-state index contributed by atoms with van der Waals surface area (Å²) < 4.78 is 0. The number of amides is 1. The summed E-state index contributed by atoms with van der Waals surface area (Å²) in [6.07, 6.45) is 0.904. The molecule has 3 rings (SSSR count). The molecule has 1 atom stereocenters. The normalized spacial score (nSPS) is 17.2. The Morgan fingerprint density at radius 3 is 2.46 bits per heavy atom. The molecule has 1 amide bonds. The number of benzene rings is 2.